The summed E-state index contributed by atoms with van der Waals surface area (Å²) in [7, 11) is 0. The molecule has 0 saturated carbocycles. The summed E-state index contributed by atoms with van der Waals surface area (Å²) in [6, 6.07) is 18.9. The molecular weight excluding hydrogens is 206 g/mol. The maximum atomic E-state index is 3.71. The third-order valence-electron chi connectivity index (χ3n) is 2.67. The number of nitrogens with one attached hydrogen (secondary N) is 1. The molecule has 0 bridgehead atoms. The van der Waals surface area contributed by atoms with Gasteiger partial charge in [-0.1, -0.05) is 48.5 Å². The van der Waals surface area contributed by atoms with E-state index in [9.17, 15) is 0 Å². The highest BCUT2D eigenvalue weighted by atomic mass is 14.9. The zero-order chi connectivity index (χ0) is 11.9. The van der Waals surface area contributed by atoms with Crippen molar-refractivity contribution in [3.8, 4) is 11.1 Å². The van der Waals surface area contributed by atoms with Crippen molar-refractivity contribution in [3.63, 3.8) is 0 Å². The molecule has 0 spiro atoms. The second kappa shape index (κ2) is 5.90. The lowest BCUT2D eigenvalue weighted by atomic mass is 10.1. The number of hydrogen-bond donors (Lipinski definition) is 1. The summed E-state index contributed by atoms with van der Waals surface area (Å²) >= 11 is 0. The van der Waals surface area contributed by atoms with Gasteiger partial charge in [0.2, 0.25) is 0 Å². The number of anilines is 1. The van der Waals surface area contributed by atoms with Crippen LogP contribution in [-0.4, -0.2) is 6.54 Å². The van der Waals surface area contributed by atoms with E-state index in [0.29, 0.717) is 0 Å². The molecule has 0 amide bonds. The van der Waals surface area contributed by atoms with Gasteiger partial charge in [0.15, 0.2) is 0 Å². The van der Waals surface area contributed by atoms with Gasteiger partial charge < -0.3 is 5.32 Å². The Kier molecular flexibility index (Phi) is 3.98. The minimum atomic E-state index is 0.939. The van der Waals surface area contributed by atoms with Crippen LogP contribution >= 0.6 is 0 Å². The molecule has 86 valence electrons. The van der Waals surface area contributed by atoms with Gasteiger partial charge in [-0.3, -0.25) is 0 Å². The van der Waals surface area contributed by atoms with Crippen molar-refractivity contribution < 1.29 is 0 Å². The molecule has 0 aromatic heterocycles. The van der Waals surface area contributed by atoms with Crippen molar-refractivity contribution in [2.24, 2.45) is 0 Å². The smallest absolute Gasteiger partial charge is 0.0340 e. The highest BCUT2D eigenvalue weighted by Gasteiger charge is 1.96. The lowest BCUT2D eigenvalue weighted by Gasteiger charge is -2.06. The predicted molar refractivity (Wildman–Crippen MR) is 75.2 cm³/mol. The van der Waals surface area contributed by atoms with Crippen molar-refractivity contribution in [1.29, 1.82) is 0 Å². The molecule has 0 radical (unpaired) electrons. The molecule has 2 rings (SSSR count). The van der Waals surface area contributed by atoms with E-state index < -0.39 is 0 Å². The van der Waals surface area contributed by atoms with Crippen LogP contribution in [0, 0.1) is 0 Å². The Hall–Kier alpha value is -2.02. The largest absolute Gasteiger partial charge is 0.385 e. The van der Waals surface area contributed by atoms with Crippen LogP contribution < -0.4 is 5.32 Å². The van der Waals surface area contributed by atoms with E-state index in [4.69, 9.17) is 0 Å². The zero-order valence-electron chi connectivity index (χ0n) is 9.89. The van der Waals surface area contributed by atoms with Gasteiger partial charge in [-0.05, 0) is 29.7 Å². The van der Waals surface area contributed by atoms with Crippen LogP contribution in [0.3, 0.4) is 0 Å². The van der Waals surface area contributed by atoms with Crippen molar-refractivity contribution in [1.82, 2.24) is 0 Å². The van der Waals surface area contributed by atoms with Crippen LogP contribution in [0.5, 0.6) is 0 Å². The van der Waals surface area contributed by atoms with E-state index in [0.717, 1.165) is 18.7 Å². The van der Waals surface area contributed by atoms with E-state index in [1.807, 2.05) is 12.1 Å². The normalized spacial score (nSPS) is 9.88. The summed E-state index contributed by atoms with van der Waals surface area (Å²) in [5.74, 6) is 0. The van der Waals surface area contributed by atoms with E-state index in [1.165, 1.54) is 11.1 Å². The lowest BCUT2D eigenvalue weighted by molar-refractivity contribution is 1.07. The van der Waals surface area contributed by atoms with Gasteiger partial charge in [-0.2, -0.15) is 0 Å². The highest BCUT2D eigenvalue weighted by molar-refractivity contribution is 5.65. The molecule has 0 unspecified atom stereocenters. The molecule has 2 aromatic carbocycles. The Balaban J connectivity index is 2.05. The molecule has 0 aliphatic heterocycles. The Morgan fingerprint density at radius 1 is 0.882 bits per heavy atom. The van der Waals surface area contributed by atoms with E-state index in [2.05, 4.69) is 60.4 Å². The maximum absolute atomic E-state index is 3.71. The van der Waals surface area contributed by atoms with Crippen LogP contribution in [0.2, 0.25) is 0 Å². The van der Waals surface area contributed by atoms with Crippen LogP contribution in [0.1, 0.15) is 6.42 Å². The number of benzene rings is 2. The molecule has 0 atom stereocenters. The summed E-state index contributed by atoms with van der Waals surface area (Å²) in [4.78, 5) is 0. The van der Waals surface area contributed by atoms with Gasteiger partial charge in [-0.15, -0.1) is 6.58 Å². The Labute approximate surface area is 103 Å². The van der Waals surface area contributed by atoms with Crippen LogP contribution in [0.25, 0.3) is 11.1 Å². The Bertz CT molecular complexity index is 457. The van der Waals surface area contributed by atoms with Crippen LogP contribution in [-0.2, 0) is 0 Å². The summed E-state index contributed by atoms with van der Waals surface area (Å²) in [5.41, 5.74) is 3.66. The Morgan fingerprint density at radius 2 is 1.53 bits per heavy atom. The molecule has 0 aliphatic carbocycles. The molecular formula is C16H17N. The molecule has 0 fully saturated rings. The fourth-order valence-corrected chi connectivity index (χ4v) is 1.73. The second-order valence-electron chi connectivity index (χ2n) is 3.95. The third-order valence-corrected chi connectivity index (χ3v) is 2.67. The van der Waals surface area contributed by atoms with Gasteiger partial charge in [0.25, 0.3) is 0 Å². The molecule has 0 saturated heterocycles. The first-order valence-corrected chi connectivity index (χ1v) is 5.90. The van der Waals surface area contributed by atoms with Crippen LogP contribution in [0.4, 0.5) is 5.69 Å². The average molecular weight is 223 g/mol. The summed E-state index contributed by atoms with van der Waals surface area (Å²) < 4.78 is 0. The topological polar surface area (TPSA) is 12.0 Å². The highest BCUT2D eigenvalue weighted by Crippen LogP contribution is 2.20. The van der Waals surface area contributed by atoms with Gasteiger partial charge in [0.05, 0.1) is 0 Å². The first-order chi connectivity index (χ1) is 8.40. The van der Waals surface area contributed by atoms with E-state index in [1.54, 1.807) is 0 Å². The van der Waals surface area contributed by atoms with Crippen molar-refractivity contribution in [3.05, 3.63) is 67.3 Å². The molecule has 0 aliphatic rings. The molecule has 1 N–H and O–H groups in total. The standard InChI is InChI=1S/C16H17N/c1-2-3-13-17-16-11-9-15(10-12-16)14-7-5-4-6-8-14/h2,4-12,17H,1,3,13H2. The molecule has 2 aromatic rings. The first kappa shape index (κ1) is 11.5. The lowest BCUT2D eigenvalue weighted by Crippen LogP contribution is -1.99. The van der Waals surface area contributed by atoms with Gasteiger partial charge in [0.1, 0.15) is 0 Å². The SMILES string of the molecule is C=CCCNc1ccc(-c2ccccc2)cc1. The van der Waals surface area contributed by atoms with Crippen molar-refractivity contribution in [2.45, 2.75) is 6.42 Å². The fourth-order valence-electron chi connectivity index (χ4n) is 1.73. The molecule has 1 heteroatoms. The average Bonchev–Trinajstić information content (AvgIpc) is 2.41. The van der Waals surface area contributed by atoms with E-state index >= 15 is 0 Å². The number of hydrogen-bond acceptors (Lipinski definition) is 1. The molecule has 0 heterocycles. The quantitative estimate of drug-likeness (QED) is 0.587. The van der Waals surface area contributed by atoms with Gasteiger partial charge in [-0.25, -0.2) is 0 Å². The second-order valence-corrected chi connectivity index (χ2v) is 3.95. The van der Waals surface area contributed by atoms with E-state index in [-0.39, 0.29) is 0 Å². The summed E-state index contributed by atoms with van der Waals surface area (Å²) in [5, 5.41) is 3.35. The summed E-state index contributed by atoms with van der Waals surface area (Å²) in [6.07, 6.45) is 2.91. The third kappa shape index (κ3) is 3.22. The number of rotatable bonds is 5. The van der Waals surface area contributed by atoms with Gasteiger partial charge >= 0.3 is 0 Å². The first-order valence-electron chi connectivity index (χ1n) is 5.90. The monoisotopic (exact) mass is 223 g/mol. The molecule has 1 nitrogen and oxygen atoms in total. The maximum Gasteiger partial charge on any atom is 0.0340 e. The zero-order valence-corrected chi connectivity index (χ0v) is 9.89. The predicted octanol–water partition coefficient (Wildman–Crippen LogP) is 4.34. The van der Waals surface area contributed by atoms with Crippen molar-refractivity contribution in [2.75, 3.05) is 11.9 Å². The minimum Gasteiger partial charge on any atom is -0.385 e. The summed E-state index contributed by atoms with van der Waals surface area (Å²) in [6.45, 7) is 4.64. The molecule has 17 heavy (non-hydrogen) atoms. The fraction of sp³-hybridized carbons (Fsp3) is 0.125. The van der Waals surface area contributed by atoms with Crippen molar-refractivity contribution >= 4 is 5.69 Å². The van der Waals surface area contributed by atoms with Crippen LogP contribution in [0.15, 0.2) is 67.3 Å². The minimum absolute atomic E-state index is 0.939. The van der Waals surface area contributed by atoms with Gasteiger partial charge in [0, 0.05) is 12.2 Å². The Morgan fingerprint density at radius 3 is 2.18 bits per heavy atom.